The molecule has 0 aromatic rings. The minimum Gasteiger partial charge on any atom is -0.392 e. The van der Waals surface area contributed by atoms with E-state index in [2.05, 4.69) is 0 Å². The summed E-state index contributed by atoms with van der Waals surface area (Å²) in [6.45, 7) is 0.451. The second-order valence-electron chi connectivity index (χ2n) is 4.87. The lowest BCUT2D eigenvalue weighted by Crippen LogP contribution is -2.36. The Kier molecular flexibility index (Phi) is 2.61. The SMILES string of the molecule is NCC(O)C1CCCC12CCCC2. The third kappa shape index (κ3) is 1.50. The van der Waals surface area contributed by atoms with Gasteiger partial charge in [0.05, 0.1) is 6.10 Å². The molecule has 0 aromatic heterocycles. The van der Waals surface area contributed by atoms with E-state index in [9.17, 15) is 5.11 Å². The van der Waals surface area contributed by atoms with E-state index in [-0.39, 0.29) is 6.10 Å². The minimum absolute atomic E-state index is 0.236. The summed E-state index contributed by atoms with van der Waals surface area (Å²) in [5.74, 6) is 0.514. The Morgan fingerprint density at radius 3 is 2.46 bits per heavy atom. The summed E-state index contributed by atoms with van der Waals surface area (Å²) in [5.41, 5.74) is 6.05. The summed E-state index contributed by atoms with van der Waals surface area (Å²) in [4.78, 5) is 0. The first-order valence-corrected chi connectivity index (χ1v) is 5.67. The second-order valence-corrected chi connectivity index (χ2v) is 4.87. The average Bonchev–Trinajstić information content (AvgIpc) is 2.76. The van der Waals surface area contributed by atoms with Crippen LogP contribution in [0.25, 0.3) is 0 Å². The van der Waals surface area contributed by atoms with Gasteiger partial charge in [-0.1, -0.05) is 19.3 Å². The molecule has 0 radical (unpaired) electrons. The van der Waals surface area contributed by atoms with Gasteiger partial charge < -0.3 is 10.8 Å². The van der Waals surface area contributed by atoms with Gasteiger partial charge in [-0.15, -0.1) is 0 Å². The first-order valence-electron chi connectivity index (χ1n) is 5.67. The maximum absolute atomic E-state index is 9.86. The van der Waals surface area contributed by atoms with E-state index in [1.165, 1.54) is 44.9 Å². The van der Waals surface area contributed by atoms with Crippen molar-refractivity contribution >= 4 is 0 Å². The monoisotopic (exact) mass is 183 g/mol. The Bertz CT molecular complexity index is 169. The molecule has 0 bridgehead atoms. The van der Waals surface area contributed by atoms with Crippen molar-refractivity contribution in [3.8, 4) is 0 Å². The van der Waals surface area contributed by atoms with Crippen LogP contribution < -0.4 is 5.73 Å². The highest BCUT2D eigenvalue weighted by atomic mass is 16.3. The van der Waals surface area contributed by atoms with Gasteiger partial charge in [0, 0.05) is 6.54 Å². The normalized spacial score (nSPS) is 34.2. The van der Waals surface area contributed by atoms with Crippen molar-refractivity contribution in [2.75, 3.05) is 6.54 Å². The molecule has 13 heavy (non-hydrogen) atoms. The zero-order valence-electron chi connectivity index (χ0n) is 8.34. The smallest absolute Gasteiger partial charge is 0.0695 e. The fourth-order valence-corrected chi connectivity index (χ4v) is 3.63. The molecule has 2 aliphatic carbocycles. The molecule has 2 saturated carbocycles. The van der Waals surface area contributed by atoms with Crippen molar-refractivity contribution in [2.45, 2.75) is 51.0 Å². The zero-order valence-corrected chi connectivity index (χ0v) is 8.34. The van der Waals surface area contributed by atoms with Crippen LogP contribution in [-0.4, -0.2) is 17.8 Å². The standard InChI is InChI=1S/C11H21NO/c12-8-10(13)9-4-3-7-11(9)5-1-2-6-11/h9-10,13H,1-8,12H2. The molecule has 2 fully saturated rings. The summed E-state index contributed by atoms with van der Waals surface area (Å²) < 4.78 is 0. The molecule has 3 N–H and O–H groups in total. The van der Waals surface area contributed by atoms with Gasteiger partial charge in [0.15, 0.2) is 0 Å². The topological polar surface area (TPSA) is 46.2 Å². The molecular weight excluding hydrogens is 162 g/mol. The second kappa shape index (κ2) is 3.58. The van der Waals surface area contributed by atoms with Gasteiger partial charge in [-0.05, 0) is 37.0 Å². The van der Waals surface area contributed by atoms with Gasteiger partial charge in [0.25, 0.3) is 0 Å². The van der Waals surface area contributed by atoms with E-state index in [1.54, 1.807) is 0 Å². The summed E-state index contributed by atoms with van der Waals surface area (Å²) in [7, 11) is 0. The van der Waals surface area contributed by atoms with E-state index in [1.807, 2.05) is 0 Å². The van der Waals surface area contributed by atoms with Gasteiger partial charge >= 0.3 is 0 Å². The van der Waals surface area contributed by atoms with Crippen LogP contribution in [0, 0.1) is 11.3 Å². The Hall–Kier alpha value is -0.0800. The van der Waals surface area contributed by atoms with Crippen LogP contribution in [0.1, 0.15) is 44.9 Å². The van der Waals surface area contributed by atoms with Gasteiger partial charge in [-0.3, -0.25) is 0 Å². The minimum atomic E-state index is -0.236. The number of aliphatic hydroxyl groups excluding tert-OH is 1. The molecule has 0 aliphatic heterocycles. The maximum atomic E-state index is 9.86. The summed E-state index contributed by atoms with van der Waals surface area (Å²) in [6, 6.07) is 0. The van der Waals surface area contributed by atoms with Gasteiger partial charge in [0.1, 0.15) is 0 Å². The van der Waals surface area contributed by atoms with Gasteiger partial charge in [-0.2, -0.15) is 0 Å². The average molecular weight is 183 g/mol. The Labute approximate surface area is 80.5 Å². The largest absolute Gasteiger partial charge is 0.392 e. The summed E-state index contributed by atoms with van der Waals surface area (Å²) in [5, 5.41) is 9.86. The molecule has 1 spiro atoms. The zero-order chi connectivity index (χ0) is 9.31. The van der Waals surface area contributed by atoms with Crippen molar-refractivity contribution in [2.24, 2.45) is 17.1 Å². The highest BCUT2D eigenvalue weighted by molar-refractivity contribution is 4.97. The molecule has 0 amide bonds. The van der Waals surface area contributed by atoms with Crippen molar-refractivity contribution in [1.29, 1.82) is 0 Å². The lowest BCUT2D eigenvalue weighted by atomic mass is 9.74. The van der Waals surface area contributed by atoms with Crippen LogP contribution in [0.2, 0.25) is 0 Å². The fraction of sp³-hybridized carbons (Fsp3) is 1.00. The number of nitrogens with two attached hydrogens (primary N) is 1. The first kappa shape index (κ1) is 9.47. The quantitative estimate of drug-likeness (QED) is 0.684. The lowest BCUT2D eigenvalue weighted by Gasteiger charge is -2.34. The van der Waals surface area contributed by atoms with Gasteiger partial charge in [0.2, 0.25) is 0 Å². The van der Waals surface area contributed by atoms with Crippen LogP contribution >= 0.6 is 0 Å². The molecule has 2 unspecified atom stereocenters. The number of rotatable bonds is 2. The third-order valence-corrected chi connectivity index (χ3v) is 4.28. The summed E-state index contributed by atoms with van der Waals surface area (Å²) in [6.07, 6.45) is 9.04. The highest BCUT2D eigenvalue weighted by Crippen LogP contribution is 2.55. The van der Waals surface area contributed by atoms with Crippen LogP contribution in [0.3, 0.4) is 0 Å². The Morgan fingerprint density at radius 1 is 1.23 bits per heavy atom. The van der Waals surface area contributed by atoms with E-state index < -0.39 is 0 Å². The molecular formula is C11H21NO. The molecule has 2 rings (SSSR count). The van der Waals surface area contributed by atoms with Crippen LogP contribution in [0.15, 0.2) is 0 Å². The first-order chi connectivity index (χ1) is 6.28. The number of hydrogen-bond acceptors (Lipinski definition) is 2. The van der Waals surface area contributed by atoms with Crippen molar-refractivity contribution < 1.29 is 5.11 Å². The van der Waals surface area contributed by atoms with Gasteiger partial charge in [-0.25, -0.2) is 0 Å². The Balaban J connectivity index is 2.08. The molecule has 2 aliphatic rings. The van der Waals surface area contributed by atoms with E-state index in [4.69, 9.17) is 5.73 Å². The fourth-order valence-electron chi connectivity index (χ4n) is 3.63. The van der Waals surface area contributed by atoms with Crippen LogP contribution in [0.5, 0.6) is 0 Å². The molecule has 2 atom stereocenters. The van der Waals surface area contributed by atoms with Crippen molar-refractivity contribution in [1.82, 2.24) is 0 Å². The molecule has 0 aromatic carbocycles. The molecule has 0 saturated heterocycles. The predicted octanol–water partition coefficient (Wildman–Crippen LogP) is 1.67. The highest BCUT2D eigenvalue weighted by Gasteiger charge is 2.46. The molecule has 2 heteroatoms. The molecule has 0 heterocycles. The maximum Gasteiger partial charge on any atom is 0.0695 e. The molecule has 76 valence electrons. The number of aliphatic hydroxyl groups is 1. The number of hydrogen-bond donors (Lipinski definition) is 2. The third-order valence-electron chi connectivity index (χ3n) is 4.28. The van der Waals surface area contributed by atoms with E-state index >= 15 is 0 Å². The summed E-state index contributed by atoms with van der Waals surface area (Å²) >= 11 is 0. The van der Waals surface area contributed by atoms with E-state index in [0.717, 1.165) is 0 Å². The predicted molar refractivity (Wildman–Crippen MR) is 53.3 cm³/mol. The van der Waals surface area contributed by atoms with E-state index in [0.29, 0.717) is 17.9 Å². The Morgan fingerprint density at radius 2 is 1.85 bits per heavy atom. The van der Waals surface area contributed by atoms with Crippen molar-refractivity contribution in [3.63, 3.8) is 0 Å². The van der Waals surface area contributed by atoms with Crippen LogP contribution in [0.4, 0.5) is 0 Å². The van der Waals surface area contributed by atoms with Crippen molar-refractivity contribution in [3.05, 3.63) is 0 Å². The molecule has 2 nitrogen and oxygen atoms in total. The van der Waals surface area contributed by atoms with Crippen LogP contribution in [-0.2, 0) is 0 Å². The lowest BCUT2D eigenvalue weighted by molar-refractivity contribution is 0.0451.